The number of anilines is 1. The van der Waals surface area contributed by atoms with Crippen molar-refractivity contribution in [2.45, 2.75) is 37.6 Å². The minimum Gasteiger partial charge on any atom is -0.351 e. The molecule has 1 fully saturated rings. The standard InChI is InChI=1S/C17H19NO/c19-16-14-9-4-5-10-15(14)18-12-6-11-17(16,18)13-7-2-1-3-8-13/h4-6,9-11,13H,1-3,7-8,12H2. The third kappa shape index (κ3) is 1.35. The molecular weight excluding hydrogens is 234 g/mol. The monoisotopic (exact) mass is 253 g/mol. The molecular formula is C17H19NO. The molecule has 1 saturated carbocycles. The summed E-state index contributed by atoms with van der Waals surface area (Å²) in [6.07, 6.45) is 10.7. The van der Waals surface area contributed by atoms with Crippen molar-refractivity contribution in [1.82, 2.24) is 0 Å². The molecule has 0 radical (unpaired) electrons. The molecule has 0 amide bonds. The number of para-hydroxylation sites is 1. The van der Waals surface area contributed by atoms with Gasteiger partial charge in [-0.15, -0.1) is 0 Å². The van der Waals surface area contributed by atoms with Gasteiger partial charge in [0.1, 0.15) is 5.54 Å². The van der Waals surface area contributed by atoms with E-state index in [1.807, 2.05) is 18.2 Å². The summed E-state index contributed by atoms with van der Waals surface area (Å²) in [5.74, 6) is 0.837. The molecule has 98 valence electrons. The van der Waals surface area contributed by atoms with Crippen LogP contribution in [-0.4, -0.2) is 17.9 Å². The lowest BCUT2D eigenvalue weighted by Gasteiger charge is -2.40. The number of nitrogens with zero attached hydrogens (tertiary/aromatic N) is 1. The first-order valence-corrected chi connectivity index (χ1v) is 7.43. The third-order valence-electron chi connectivity index (χ3n) is 5.14. The molecule has 2 aliphatic heterocycles. The number of Topliss-reactive ketones (excluding diaryl/α,β-unsaturated/α-hetero) is 1. The Morgan fingerprint density at radius 3 is 2.74 bits per heavy atom. The highest BCUT2D eigenvalue weighted by atomic mass is 16.1. The van der Waals surface area contributed by atoms with E-state index >= 15 is 0 Å². The van der Waals surface area contributed by atoms with E-state index in [4.69, 9.17) is 0 Å². The van der Waals surface area contributed by atoms with Crippen molar-refractivity contribution in [2.75, 3.05) is 11.4 Å². The molecule has 19 heavy (non-hydrogen) atoms. The number of hydrogen-bond acceptors (Lipinski definition) is 2. The molecule has 1 aromatic carbocycles. The fourth-order valence-electron chi connectivity index (χ4n) is 4.28. The van der Waals surface area contributed by atoms with Crippen LogP contribution in [0.4, 0.5) is 5.69 Å². The summed E-state index contributed by atoms with van der Waals surface area (Å²) in [7, 11) is 0. The van der Waals surface area contributed by atoms with Crippen LogP contribution < -0.4 is 4.90 Å². The Kier molecular flexibility index (Phi) is 2.35. The van der Waals surface area contributed by atoms with E-state index in [0.29, 0.717) is 11.7 Å². The molecule has 1 atom stereocenters. The Hall–Kier alpha value is -1.57. The predicted octanol–water partition coefficient (Wildman–Crippen LogP) is 3.58. The lowest BCUT2D eigenvalue weighted by atomic mass is 9.72. The molecule has 1 aromatic rings. The summed E-state index contributed by atoms with van der Waals surface area (Å²) in [6, 6.07) is 8.12. The van der Waals surface area contributed by atoms with Gasteiger partial charge in [0, 0.05) is 17.8 Å². The number of rotatable bonds is 1. The SMILES string of the molecule is O=C1c2ccccc2N2CC=CC12C1CCCCC1. The quantitative estimate of drug-likeness (QED) is 0.713. The van der Waals surface area contributed by atoms with Gasteiger partial charge in [0.25, 0.3) is 0 Å². The Morgan fingerprint density at radius 2 is 1.89 bits per heavy atom. The maximum absolute atomic E-state index is 13.0. The maximum Gasteiger partial charge on any atom is 0.194 e. The van der Waals surface area contributed by atoms with E-state index in [-0.39, 0.29) is 5.54 Å². The van der Waals surface area contributed by atoms with E-state index in [1.54, 1.807) is 0 Å². The zero-order chi connectivity index (χ0) is 12.9. The van der Waals surface area contributed by atoms with Gasteiger partial charge < -0.3 is 4.90 Å². The zero-order valence-electron chi connectivity index (χ0n) is 11.1. The fraction of sp³-hybridized carbons (Fsp3) is 0.471. The second kappa shape index (κ2) is 3.96. The van der Waals surface area contributed by atoms with E-state index < -0.39 is 0 Å². The second-order valence-corrected chi connectivity index (χ2v) is 6.02. The maximum atomic E-state index is 13.0. The van der Waals surface area contributed by atoms with Crippen LogP contribution in [-0.2, 0) is 0 Å². The molecule has 0 N–H and O–H groups in total. The fourth-order valence-corrected chi connectivity index (χ4v) is 4.28. The van der Waals surface area contributed by atoms with Crippen molar-refractivity contribution >= 4 is 11.5 Å². The second-order valence-electron chi connectivity index (χ2n) is 6.02. The molecule has 0 bridgehead atoms. The lowest BCUT2D eigenvalue weighted by molar-refractivity contribution is 0.0868. The number of carbonyl (C=O) groups is 1. The highest BCUT2D eigenvalue weighted by molar-refractivity contribution is 6.16. The smallest absolute Gasteiger partial charge is 0.194 e. The molecule has 1 unspecified atom stereocenters. The molecule has 2 heterocycles. The van der Waals surface area contributed by atoms with Crippen LogP contribution in [0.1, 0.15) is 42.5 Å². The molecule has 0 saturated heterocycles. The number of ketones is 1. The highest BCUT2D eigenvalue weighted by Gasteiger charge is 2.55. The lowest BCUT2D eigenvalue weighted by Crippen LogP contribution is -2.52. The number of fused-ring (bicyclic) bond motifs is 3. The summed E-state index contributed by atoms with van der Waals surface area (Å²) in [5, 5.41) is 0. The van der Waals surface area contributed by atoms with Crippen molar-refractivity contribution in [2.24, 2.45) is 5.92 Å². The van der Waals surface area contributed by atoms with Gasteiger partial charge in [-0.05, 0) is 30.9 Å². The average molecular weight is 253 g/mol. The Balaban J connectivity index is 1.83. The number of carbonyl (C=O) groups excluding carboxylic acids is 1. The minimum absolute atomic E-state index is 0.337. The van der Waals surface area contributed by atoms with Crippen LogP contribution in [0.5, 0.6) is 0 Å². The van der Waals surface area contributed by atoms with Gasteiger partial charge in [-0.2, -0.15) is 0 Å². The summed E-state index contributed by atoms with van der Waals surface area (Å²) < 4.78 is 0. The first-order valence-electron chi connectivity index (χ1n) is 7.43. The summed E-state index contributed by atoms with van der Waals surface area (Å²) in [6.45, 7) is 0.888. The van der Waals surface area contributed by atoms with Crippen LogP contribution in [0.15, 0.2) is 36.4 Å². The number of benzene rings is 1. The van der Waals surface area contributed by atoms with Gasteiger partial charge in [-0.25, -0.2) is 0 Å². The van der Waals surface area contributed by atoms with Gasteiger partial charge in [-0.1, -0.05) is 43.5 Å². The Morgan fingerprint density at radius 1 is 1.11 bits per heavy atom. The van der Waals surface area contributed by atoms with Crippen molar-refractivity contribution in [3.8, 4) is 0 Å². The Labute approximate surface area is 114 Å². The molecule has 2 heteroatoms. The van der Waals surface area contributed by atoms with E-state index in [9.17, 15) is 4.79 Å². The van der Waals surface area contributed by atoms with Crippen molar-refractivity contribution in [1.29, 1.82) is 0 Å². The molecule has 1 aliphatic carbocycles. The molecule has 4 rings (SSSR count). The molecule has 3 aliphatic rings. The molecule has 2 nitrogen and oxygen atoms in total. The van der Waals surface area contributed by atoms with Gasteiger partial charge in [0.05, 0.1) is 0 Å². The molecule has 0 aromatic heterocycles. The normalized spacial score (nSPS) is 29.7. The average Bonchev–Trinajstić information content (AvgIpc) is 3.01. The van der Waals surface area contributed by atoms with Gasteiger partial charge in [0.15, 0.2) is 5.78 Å². The van der Waals surface area contributed by atoms with Crippen molar-refractivity contribution in [3.05, 3.63) is 42.0 Å². The zero-order valence-corrected chi connectivity index (χ0v) is 11.1. The molecule has 0 spiro atoms. The van der Waals surface area contributed by atoms with Crippen molar-refractivity contribution < 1.29 is 4.79 Å². The minimum atomic E-state index is -0.343. The van der Waals surface area contributed by atoms with Crippen LogP contribution >= 0.6 is 0 Å². The van der Waals surface area contributed by atoms with Crippen molar-refractivity contribution in [3.63, 3.8) is 0 Å². The summed E-state index contributed by atoms with van der Waals surface area (Å²) in [4.78, 5) is 15.4. The number of hydrogen-bond donors (Lipinski definition) is 0. The van der Waals surface area contributed by atoms with Crippen LogP contribution in [0.2, 0.25) is 0 Å². The van der Waals surface area contributed by atoms with Gasteiger partial charge >= 0.3 is 0 Å². The largest absolute Gasteiger partial charge is 0.351 e. The predicted molar refractivity (Wildman–Crippen MR) is 76.6 cm³/mol. The topological polar surface area (TPSA) is 20.3 Å². The summed E-state index contributed by atoms with van der Waals surface area (Å²) in [5.41, 5.74) is 1.73. The van der Waals surface area contributed by atoms with E-state index in [0.717, 1.165) is 17.8 Å². The van der Waals surface area contributed by atoms with Gasteiger partial charge in [0.2, 0.25) is 0 Å². The highest BCUT2D eigenvalue weighted by Crippen LogP contribution is 2.49. The van der Waals surface area contributed by atoms with Crippen LogP contribution in [0, 0.1) is 5.92 Å². The van der Waals surface area contributed by atoms with Crippen LogP contribution in [0.3, 0.4) is 0 Å². The summed E-state index contributed by atoms with van der Waals surface area (Å²) >= 11 is 0. The van der Waals surface area contributed by atoms with E-state index in [1.165, 1.54) is 32.1 Å². The first kappa shape index (κ1) is 11.3. The third-order valence-corrected chi connectivity index (χ3v) is 5.14. The van der Waals surface area contributed by atoms with Gasteiger partial charge in [-0.3, -0.25) is 4.79 Å². The first-order chi connectivity index (χ1) is 9.34. The van der Waals surface area contributed by atoms with Crippen LogP contribution in [0.25, 0.3) is 0 Å². The van der Waals surface area contributed by atoms with E-state index in [2.05, 4.69) is 23.1 Å². The Bertz CT molecular complexity index is 556.